The highest BCUT2D eigenvalue weighted by atomic mass is 31.2. The Hall–Kier alpha value is -4.25. The molecule has 0 spiro atoms. The van der Waals surface area contributed by atoms with Gasteiger partial charge in [0.2, 0.25) is 0 Å². The lowest BCUT2D eigenvalue weighted by atomic mass is 9.59. The van der Waals surface area contributed by atoms with Crippen LogP contribution in [-0.4, -0.2) is 77.1 Å². The minimum atomic E-state index is -2.58. The lowest BCUT2D eigenvalue weighted by molar-refractivity contribution is -0.0457. The number of imidazole rings is 1. The van der Waals surface area contributed by atoms with Crippen LogP contribution in [0.25, 0.3) is 11.2 Å². The minimum absolute atomic E-state index is 0.111. The van der Waals surface area contributed by atoms with Crippen molar-refractivity contribution in [3.63, 3.8) is 0 Å². The van der Waals surface area contributed by atoms with E-state index >= 15 is 0 Å². The zero-order chi connectivity index (χ0) is 42.5. The number of hydrogen-bond acceptors (Lipinski definition) is 11. The second kappa shape index (κ2) is 18.6. The Morgan fingerprint density at radius 3 is 2.02 bits per heavy atom. The van der Waals surface area contributed by atoms with Gasteiger partial charge in [-0.15, -0.1) is 0 Å². The predicted octanol–water partition coefficient (Wildman–Crippen LogP) is 9.65. The lowest BCUT2D eigenvalue weighted by Crippen LogP contribution is -2.53. The molecule has 3 heterocycles. The number of benzene rings is 3. The fourth-order valence-electron chi connectivity index (χ4n) is 8.11. The smallest absolute Gasteiger partial charge is 0.259 e. The first kappa shape index (κ1) is 44.3. The number of nitrogens with two attached hydrogens (primary N) is 1. The maximum Gasteiger partial charge on any atom is 0.259 e. The number of anilines is 1. The van der Waals surface area contributed by atoms with Gasteiger partial charge in [0, 0.05) is 18.0 Å². The normalized spacial score (nSPS) is 19.5. The number of methoxy groups -OCH3 is 1. The van der Waals surface area contributed by atoms with Crippen LogP contribution in [0.3, 0.4) is 0 Å². The maximum atomic E-state index is 9.47. The van der Waals surface area contributed by atoms with Crippen LogP contribution < -0.4 is 10.5 Å². The molecule has 5 aromatic rings. The molecule has 2 aromatic heterocycles. The van der Waals surface area contributed by atoms with Gasteiger partial charge in [0.1, 0.15) is 17.6 Å². The average molecular weight is 838 g/mol. The Labute approximate surface area is 352 Å². The predicted molar refractivity (Wildman–Crippen MR) is 236 cm³/mol. The number of hydrogen-bond donors (Lipinski definition) is 1. The van der Waals surface area contributed by atoms with E-state index in [2.05, 4.69) is 138 Å². The van der Waals surface area contributed by atoms with Crippen molar-refractivity contribution in [3.05, 3.63) is 114 Å². The first-order valence-corrected chi connectivity index (χ1v) is 24.4. The number of nitrogens with zero attached hydrogens (tertiary/aromatic N) is 6. The van der Waals surface area contributed by atoms with Gasteiger partial charge in [-0.1, -0.05) is 93.6 Å². The molecule has 0 saturated carbocycles. The van der Waals surface area contributed by atoms with Gasteiger partial charge in [-0.2, -0.15) is 5.26 Å². The molecule has 5 atom stereocenters. The molecule has 1 unspecified atom stereocenters. The van der Waals surface area contributed by atoms with Crippen molar-refractivity contribution in [2.24, 2.45) is 5.92 Å². The van der Waals surface area contributed by atoms with Gasteiger partial charge in [0.25, 0.3) is 8.53 Å². The molecule has 2 N–H and O–H groups in total. The number of rotatable bonds is 17. The van der Waals surface area contributed by atoms with E-state index in [0.29, 0.717) is 11.2 Å². The van der Waals surface area contributed by atoms with E-state index in [1.54, 1.807) is 13.4 Å². The molecule has 6 rings (SSSR count). The molecule has 0 radical (unpaired) electrons. The molecule has 0 aliphatic carbocycles. The molecule has 59 heavy (non-hydrogen) atoms. The molecule has 0 amide bonds. The van der Waals surface area contributed by atoms with Gasteiger partial charge in [0.05, 0.1) is 56.8 Å². The number of ether oxygens (including phenoxy) is 2. The van der Waals surface area contributed by atoms with Crippen molar-refractivity contribution in [3.8, 4) is 11.8 Å². The molecular weight excluding hydrogens is 778 g/mol. The number of nitrogen functional groups attached to an aromatic ring is 1. The molecule has 3 aromatic carbocycles. The van der Waals surface area contributed by atoms with Crippen LogP contribution in [-0.2, 0) is 23.6 Å². The molecule has 314 valence electrons. The summed E-state index contributed by atoms with van der Waals surface area (Å²) in [7, 11) is -2.50. The highest BCUT2D eigenvalue weighted by Crippen LogP contribution is 2.57. The largest absolute Gasteiger partial charge is 0.497 e. The van der Waals surface area contributed by atoms with Gasteiger partial charge < -0.3 is 28.7 Å². The molecule has 1 aliphatic rings. The van der Waals surface area contributed by atoms with Crippen LogP contribution in [0, 0.1) is 17.2 Å². The Balaban J connectivity index is 1.66. The van der Waals surface area contributed by atoms with E-state index in [0.717, 1.165) is 22.4 Å². The van der Waals surface area contributed by atoms with Crippen LogP contribution >= 0.6 is 8.53 Å². The molecular formula is C45H60N7O5PSi. The van der Waals surface area contributed by atoms with Crippen LogP contribution in [0.1, 0.15) is 77.8 Å². The third-order valence-corrected chi connectivity index (χ3v) is 18.3. The lowest BCUT2D eigenvalue weighted by Gasteiger charge is -2.48. The summed E-state index contributed by atoms with van der Waals surface area (Å²) in [5.74, 6) is 0.621. The molecule has 1 saturated heterocycles. The van der Waals surface area contributed by atoms with E-state index in [9.17, 15) is 5.26 Å². The van der Waals surface area contributed by atoms with Crippen LogP contribution in [0.4, 0.5) is 5.82 Å². The average Bonchev–Trinajstić information content (AvgIpc) is 3.79. The van der Waals surface area contributed by atoms with E-state index < -0.39 is 46.6 Å². The molecule has 14 heteroatoms. The quantitative estimate of drug-likeness (QED) is 0.0414. The van der Waals surface area contributed by atoms with Crippen molar-refractivity contribution in [1.82, 2.24) is 24.2 Å². The summed E-state index contributed by atoms with van der Waals surface area (Å²) in [6, 6.07) is 32.1. The minimum Gasteiger partial charge on any atom is -0.497 e. The number of nitriles is 1. The first-order chi connectivity index (χ1) is 28.1. The van der Waals surface area contributed by atoms with E-state index in [1.807, 2.05) is 28.8 Å². The summed E-state index contributed by atoms with van der Waals surface area (Å²) in [6.45, 7) is 20.3. The van der Waals surface area contributed by atoms with Crippen molar-refractivity contribution in [2.75, 3.05) is 26.1 Å². The second-order valence-corrected chi connectivity index (χ2v) is 23.3. The first-order valence-electron chi connectivity index (χ1n) is 20.4. The van der Waals surface area contributed by atoms with Gasteiger partial charge in [-0.25, -0.2) is 19.6 Å². The van der Waals surface area contributed by atoms with Gasteiger partial charge in [-0.3, -0.25) is 4.57 Å². The summed E-state index contributed by atoms with van der Waals surface area (Å²) in [5, 5.41) is 9.32. The summed E-state index contributed by atoms with van der Waals surface area (Å²) in [5.41, 5.74) is 9.74. The monoisotopic (exact) mass is 837 g/mol. The Morgan fingerprint density at radius 2 is 1.47 bits per heavy atom. The molecule has 0 bridgehead atoms. The fourth-order valence-corrected chi connectivity index (χ4v) is 11.0. The Bertz CT molecular complexity index is 2110. The fraction of sp³-hybridized carbons (Fsp3) is 0.467. The zero-order valence-corrected chi connectivity index (χ0v) is 38.0. The van der Waals surface area contributed by atoms with Crippen molar-refractivity contribution >= 4 is 33.8 Å². The van der Waals surface area contributed by atoms with E-state index in [4.69, 9.17) is 38.6 Å². The number of fused-ring (bicyclic) bond motifs is 1. The third-order valence-electron chi connectivity index (χ3n) is 11.8. The summed E-state index contributed by atoms with van der Waals surface area (Å²) >= 11 is 0. The van der Waals surface area contributed by atoms with Crippen molar-refractivity contribution in [1.29, 1.82) is 5.26 Å². The summed E-state index contributed by atoms with van der Waals surface area (Å²) in [4.78, 5) is 13.7. The topological polar surface area (TPSA) is 143 Å². The highest BCUT2D eigenvalue weighted by Gasteiger charge is 2.60. The highest BCUT2D eigenvalue weighted by molar-refractivity contribution is 7.44. The van der Waals surface area contributed by atoms with Crippen LogP contribution in [0.5, 0.6) is 5.75 Å². The van der Waals surface area contributed by atoms with Crippen molar-refractivity contribution in [2.45, 2.75) is 109 Å². The maximum absolute atomic E-state index is 9.47. The SMILES string of the molecule is COc1ccc(C(c2ccccc2)(c2ccccc2)[C@H]2[C@@H](O[Si](C)(C)C(C)(C)C)[C@H](n3cnc4c(N)ncnc43)O[C@@H]2COP(OCCC#N)N(C(C)C)C(C)C)cc1. The standard InChI is InChI=1S/C45H60N7O5PSi/c1-31(2)52(32(3)4)58(54-27-17-26-46)55-28-37-38(40(57-59(9,10)44(5,6)7)43(56-37)51-30-50-39-41(47)48-29-49-42(39)51)45(33-18-13-11-14-19-33,34-20-15-12-16-21-34)35-22-24-36(53-8)25-23-35/h11-16,18-25,29-32,37-38,40,43H,17,27-28H2,1-10H3,(H2,47,48,49)/t37-,38-,40-,43-,58?/m1/s1. The Kier molecular flexibility index (Phi) is 13.9. The zero-order valence-electron chi connectivity index (χ0n) is 36.1. The molecule has 12 nitrogen and oxygen atoms in total. The Morgan fingerprint density at radius 1 is 0.881 bits per heavy atom. The van der Waals surface area contributed by atoms with Crippen molar-refractivity contribution < 1.29 is 22.9 Å². The van der Waals surface area contributed by atoms with Crippen LogP contribution in [0.15, 0.2) is 97.6 Å². The van der Waals surface area contributed by atoms with E-state index in [-0.39, 0.29) is 42.6 Å². The van der Waals surface area contributed by atoms with Crippen LogP contribution in [0.2, 0.25) is 18.1 Å². The van der Waals surface area contributed by atoms with Gasteiger partial charge in [-0.05, 0) is 74.7 Å². The third kappa shape index (κ3) is 8.96. The number of aromatic nitrogens is 4. The van der Waals surface area contributed by atoms with E-state index in [1.165, 1.54) is 6.33 Å². The molecule has 1 aliphatic heterocycles. The van der Waals surface area contributed by atoms with Gasteiger partial charge in [0.15, 0.2) is 26.0 Å². The molecule has 1 fully saturated rings. The summed E-state index contributed by atoms with van der Waals surface area (Å²) in [6.07, 6.45) is 1.59. The second-order valence-electron chi connectivity index (χ2n) is 17.1. The van der Waals surface area contributed by atoms with Gasteiger partial charge >= 0.3 is 0 Å². The summed E-state index contributed by atoms with van der Waals surface area (Å²) < 4.78 is 38.7.